The molecule has 1 aromatic rings. The highest BCUT2D eigenvalue weighted by Crippen LogP contribution is 2.01. The molecule has 5 nitrogen and oxygen atoms in total. The second-order valence-corrected chi connectivity index (χ2v) is 3.90. The van der Waals surface area contributed by atoms with Gasteiger partial charge in [0.05, 0.1) is 0 Å². The van der Waals surface area contributed by atoms with Crippen molar-refractivity contribution in [2.75, 3.05) is 25.1 Å². The molecule has 0 saturated carbocycles. The van der Waals surface area contributed by atoms with E-state index >= 15 is 0 Å². The van der Waals surface area contributed by atoms with Gasteiger partial charge >= 0.3 is 6.01 Å². The van der Waals surface area contributed by atoms with Crippen LogP contribution in [0.1, 0.15) is 26.1 Å². The van der Waals surface area contributed by atoms with Crippen LogP contribution in [0.5, 0.6) is 0 Å². The van der Waals surface area contributed by atoms with Gasteiger partial charge < -0.3 is 14.6 Å². The van der Waals surface area contributed by atoms with Gasteiger partial charge in [-0.2, -0.15) is 4.98 Å². The molecule has 0 saturated heterocycles. The molecule has 5 heteroatoms. The molecule has 1 N–H and O–H groups in total. The van der Waals surface area contributed by atoms with E-state index in [2.05, 4.69) is 29.3 Å². The maximum atomic E-state index is 5.43. The minimum Gasteiger partial charge on any atom is -0.381 e. The van der Waals surface area contributed by atoms with E-state index in [0.29, 0.717) is 17.8 Å². The first-order chi connectivity index (χ1) is 7.18. The van der Waals surface area contributed by atoms with Crippen LogP contribution in [-0.2, 0) is 4.74 Å². The Bertz CT molecular complexity index is 273. The lowest BCUT2D eigenvalue weighted by Gasteiger charge is -2.06. The van der Waals surface area contributed by atoms with E-state index in [1.54, 1.807) is 6.92 Å². The standard InChI is InChI=1S/C10H19N3O2/c1-8(2)7-14-6-4-5-11-10-12-9(3)13-15-10/h8H,4-7H2,1-3H3,(H,11,12,13). The number of hydrogen-bond acceptors (Lipinski definition) is 5. The average Bonchev–Trinajstić information content (AvgIpc) is 2.57. The highest BCUT2D eigenvalue weighted by atomic mass is 16.5. The van der Waals surface area contributed by atoms with Crippen molar-refractivity contribution >= 4 is 6.01 Å². The monoisotopic (exact) mass is 213 g/mol. The summed E-state index contributed by atoms with van der Waals surface area (Å²) in [6.07, 6.45) is 0.939. The largest absolute Gasteiger partial charge is 0.381 e. The van der Waals surface area contributed by atoms with Gasteiger partial charge in [0.1, 0.15) is 0 Å². The molecule has 1 aromatic heterocycles. The predicted octanol–water partition coefficient (Wildman–Crippen LogP) is 1.85. The molecule has 0 amide bonds. The van der Waals surface area contributed by atoms with E-state index in [0.717, 1.165) is 26.2 Å². The molecule has 0 unspecified atom stereocenters. The third-order valence-corrected chi connectivity index (χ3v) is 1.72. The second-order valence-electron chi connectivity index (χ2n) is 3.90. The Morgan fingerprint density at radius 1 is 1.47 bits per heavy atom. The molecule has 0 aliphatic rings. The first-order valence-corrected chi connectivity index (χ1v) is 5.30. The quantitative estimate of drug-likeness (QED) is 0.700. The summed E-state index contributed by atoms with van der Waals surface area (Å²) in [5.74, 6) is 1.24. The maximum Gasteiger partial charge on any atom is 0.321 e. The van der Waals surface area contributed by atoms with Crippen LogP contribution < -0.4 is 5.32 Å². The van der Waals surface area contributed by atoms with Crippen molar-refractivity contribution in [2.45, 2.75) is 27.2 Å². The van der Waals surface area contributed by atoms with Gasteiger partial charge in [-0.05, 0) is 19.3 Å². The SMILES string of the molecule is Cc1noc(NCCCOCC(C)C)n1. The first kappa shape index (κ1) is 12.0. The van der Waals surface area contributed by atoms with E-state index in [9.17, 15) is 0 Å². The number of anilines is 1. The molecule has 1 heterocycles. The van der Waals surface area contributed by atoms with Gasteiger partial charge in [0.15, 0.2) is 5.82 Å². The third kappa shape index (κ3) is 5.37. The molecule has 86 valence electrons. The van der Waals surface area contributed by atoms with Gasteiger partial charge in [0, 0.05) is 19.8 Å². The van der Waals surface area contributed by atoms with Gasteiger partial charge in [0.2, 0.25) is 0 Å². The molecular formula is C10H19N3O2. The molecule has 15 heavy (non-hydrogen) atoms. The summed E-state index contributed by atoms with van der Waals surface area (Å²) in [7, 11) is 0. The van der Waals surface area contributed by atoms with Crippen LogP contribution in [-0.4, -0.2) is 29.9 Å². The van der Waals surface area contributed by atoms with E-state index in [1.165, 1.54) is 0 Å². The van der Waals surface area contributed by atoms with Gasteiger partial charge in [-0.1, -0.05) is 19.0 Å². The van der Waals surface area contributed by atoms with Crippen LogP contribution in [0.25, 0.3) is 0 Å². The van der Waals surface area contributed by atoms with Crippen molar-refractivity contribution in [3.05, 3.63) is 5.82 Å². The smallest absolute Gasteiger partial charge is 0.321 e. The fourth-order valence-electron chi connectivity index (χ4n) is 1.06. The van der Waals surface area contributed by atoms with E-state index < -0.39 is 0 Å². The summed E-state index contributed by atoms with van der Waals surface area (Å²) in [5, 5.41) is 6.71. The number of nitrogens with one attached hydrogen (secondary N) is 1. The highest BCUT2D eigenvalue weighted by Gasteiger charge is 2.00. The Morgan fingerprint density at radius 2 is 2.27 bits per heavy atom. The summed E-state index contributed by atoms with van der Waals surface area (Å²) in [4.78, 5) is 4.03. The summed E-state index contributed by atoms with van der Waals surface area (Å²) < 4.78 is 10.3. The molecule has 0 atom stereocenters. The average molecular weight is 213 g/mol. The van der Waals surface area contributed by atoms with Gasteiger partial charge in [-0.25, -0.2) is 0 Å². The van der Waals surface area contributed by atoms with Crippen LogP contribution in [0.4, 0.5) is 6.01 Å². The van der Waals surface area contributed by atoms with E-state index in [4.69, 9.17) is 9.26 Å². The van der Waals surface area contributed by atoms with Gasteiger partial charge in [-0.3, -0.25) is 0 Å². The van der Waals surface area contributed by atoms with Gasteiger partial charge in [-0.15, -0.1) is 0 Å². The van der Waals surface area contributed by atoms with Crippen LogP contribution in [0.3, 0.4) is 0 Å². The van der Waals surface area contributed by atoms with Crippen molar-refractivity contribution in [2.24, 2.45) is 5.92 Å². The zero-order valence-electron chi connectivity index (χ0n) is 9.62. The summed E-state index contributed by atoms with van der Waals surface area (Å²) in [6, 6.07) is 0.483. The summed E-state index contributed by atoms with van der Waals surface area (Å²) >= 11 is 0. The summed E-state index contributed by atoms with van der Waals surface area (Å²) in [6.45, 7) is 8.44. The van der Waals surface area contributed by atoms with Crippen LogP contribution in [0.2, 0.25) is 0 Å². The van der Waals surface area contributed by atoms with Crippen molar-refractivity contribution < 1.29 is 9.26 Å². The number of hydrogen-bond donors (Lipinski definition) is 1. The van der Waals surface area contributed by atoms with Crippen LogP contribution in [0.15, 0.2) is 4.52 Å². The lowest BCUT2D eigenvalue weighted by atomic mass is 10.2. The first-order valence-electron chi connectivity index (χ1n) is 5.30. The molecule has 0 radical (unpaired) electrons. The minimum absolute atomic E-state index is 0.483. The molecule has 0 fully saturated rings. The maximum absolute atomic E-state index is 5.43. The molecule has 0 aromatic carbocycles. The molecule has 0 aliphatic heterocycles. The predicted molar refractivity (Wildman–Crippen MR) is 57.8 cm³/mol. The van der Waals surface area contributed by atoms with Crippen molar-refractivity contribution in [3.63, 3.8) is 0 Å². The lowest BCUT2D eigenvalue weighted by Crippen LogP contribution is -2.08. The zero-order chi connectivity index (χ0) is 11.1. The second kappa shape index (κ2) is 6.40. The molecule has 0 aliphatic carbocycles. The van der Waals surface area contributed by atoms with E-state index in [-0.39, 0.29) is 0 Å². The zero-order valence-corrected chi connectivity index (χ0v) is 9.62. The Balaban J connectivity index is 1.98. The van der Waals surface area contributed by atoms with Crippen LogP contribution in [0, 0.1) is 12.8 Å². The van der Waals surface area contributed by atoms with Crippen molar-refractivity contribution in [1.82, 2.24) is 10.1 Å². The minimum atomic E-state index is 0.483. The number of ether oxygens (including phenoxy) is 1. The van der Waals surface area contributed by atoms with E-state index in [1.807, 2.05) is 0 Å². The van der Waals surface area contributed by atoms with Gasteiger partial charge in [0.25, 0.3) is 0 Å². The summed E-state index contributed by atoms with van der Waals surface area (Å²) in [5.41, 5.74) is 0. The molecule has 0 spiro atoms. The Morgan fingerprint density at radius 3 is 2.87 bits per heavy atom. The van der Waals surface area contributed by atoms with Crippen molar-refractivity contribution in [1.29, 1.82) is 0 Å². The fraction of sp³-hybridized carbons (Fsp3) is 0.800. The Kier molecular flexibility index (Phi) is 5.10. The normalized spacial score (nSPS) is 10.9. The third-order valence-electron chi connectivity index (χ3n) is 1.72. The molecular weight excluding hydrogens is 194 g/mol. The fourth-order valence-corrected chi connectivity index (χ4v) is 1.06. The Labute approximate surface area is 90.2 Å². The topological polar surface area (TPSA) is 60.2 Å². The lowest BCUT2D eigenvalue weighted by molar-refractivity contribution is 0.109. The van der Waals surface area contributed by atoms with Crippen LogP contribution >= 0.6 is 0 Å². The highest BCUT2D eigenvalue weighted by molar-refractivity contribution is 5.17. The van der Waals surface area contributed by atoms with Crippen molar-refractivity contribution in [3.8, 4) is 0 Å². The number of nitrogens with zero attached hydrogens (tertiary/aromatic N) is 2. The molecule has 1 rings (SSSR count). The molecule has 0 bridgehead atoms. The number of rotatable bonds is 7. The Hall–Kier alpha value is -1.10. The number of aromatic nitrogens is 2. The number of aryl methyl sites for hydroxylation is 1.